The first-order chi connectivity index (χ1) is 12.5. The number of rotatable bonds is 4. The van der Waals surface area contributed by atoms with E-state index in [-0.39, 0.29) is 11.5 Å². The van der Waals surface area contributed by atoms with Gasteiger partial charge in [-0.25, -0.2) is 4.39 Å². The lowest BCUT2D eigenvalue weighted by Gasteiger charge is -2.09. The van der Waals surface area contributed by atoms with Crippen LogP contribution in [0.5, 0.6) is 0 Å². The summed E-state index contributed by atoms with van der Waals surface area (Å²) in [6, 6.07) is 18.9. The Morgan fingerprint density at radius 1 is 0.769 bits per heavy atom. The molecule has 0 aliphatic rings. The number of nitrogens with one attached hydrogen (secondary N) is 2. The van der Waals surface area contributed by atoms with E-state index in [0.717, 1.165) is 0 Å². The van der Waals surface area contributed by atoms with Crippen LogP contribution in [0.4, 0.5) is 15.8 Å². The van der Waals surface area contributed by atoms with Gasteiger partial charge in [-0.1, -0.05) is 35.9 Å². The summed E-state index contributed by atoms with van der Waals surface area (Å²) < 4.78 is 13.7. The molecule has 0 saturated carbocycles. The normalized spacial score (nSPS) is 10.2. The molecule has 0 heterocycles. The van der Waals surface area contributed by atoms with Gasteiger partial charge in [-0.15, -0.1) is 0 Å². The van der Waals surface area contributed by atoms with Crippen molar-refractivity contribution in [2.45, 2.75) is 0 Å². The molecular weight excluding hydrogens is 355 g/mol. The van der Waals surface area contributed by atoms with Crippen LogP contribution < -0.4 is 10.6 Å². The number of benzene rings is 3. The Morgan fingerprint density at radius 3 is 2.12 bits per heavy atom. The molecule has 0 atom stereocenters. The number of carbonyl (C=O) groups is 2. The van der Waals surface area contributed by atoms with E-state index in [1.807, 2.05) is 0 Å². The molecule has 130 valence electrons. The van der Waals surface area contributed by atoms with Crippen LogP contribution in [-0.2, 0) is 0 Å². The molecule has 0 aromatic heterocycles. The molecule has 3 rings (SSSR count). The van der Waals surface area contributed by atoms with Gasteiger partial charge in [0.05, 0.1) is 5.56 Å². The molecule has 4 nitrogen and oxygen atoms in total. The molecule has 0 unspecified atom stereocenters. The standard InChI is InChI=1S/C20H14ClFN2O2/c21-14-6-3-5-13(11-14)19(25)23-15-7-4-8-16(12-15)24-20(26)17-9-1-2-10-18(17)22/h1-12H,(H,23,25)(H,24,26). The maximum atomic E-state index is 13.7. The smallest absolute Gasteiger partial charge is 0.258 e. The number of halogens is 2. The fraction of sp³-hybridized carbons (Fsp3) is 0. The monoisotopic (exact) mass is 368 g/mol. The minimum Gasteiger partial charge on any atom is -0.322 e. The summed E-state index contributed by atoms with van der Waals surface area (Å²) in [6.07, 6.45) is 0. The molecule has 3 aromatic carbocycles. The molecule has 2 amide bonds. The first-order valence-electron chi connectivity index (χ1n) is 7.76. The molecule has 0 fully saturated rings. The Hall–Kier alpha value is -3.18. The van der Waals surface area contributed by atoms with Crippen molar-refractivity contribution in [1.82, 2.24) is 0 Å². The van der Waals surface area contributed by atoms with Crippen LogP contribution in [0.25, 0.3) is 0 Å². The minimum absolute atomic E-state index is 0.0548. The average molecular weight is 369 g/mol. The minimum atomic E-state index is -0.601. The van der Waals surface area contributed by atoms with Gasteiger partial charge in [0.2, 0.25) is 0 Å². The van der Waals surface area contributed by atoms with E-state index in [2.05, 4.69) is 10.6 Å². The van der Waals surface area contributed by atoms with Crippen molar-refractivity contribution in [2.75, 3.05) is 10.6 Å². The summed E-state index contributed by atoms with van der Waals surface area (Å²) in [6.45, 7) is 0. The molecule has 0 aliphatic carbocycles. The topological polar surface area (TPSA) is 58.2 Å². The maximum absolute atomic E-state index is 13.7. The number of amides is 2. The highest BCUT2D eigenvalue weighted by Crippen LogP contribution is 2.18. The number of carbonyl (C=O) groups excluding carboxylic acids is 2. The summed E-state index contributed by atoms with van der Waals surface area (Å²) in [5, 5.41) is 5.80. The van der Waals surface area contributed by atoms with Gasteiger partial charge in [0.15, 0.2) is 0 Å². The zero-order valence-electron chi connectivity index (χ0n) is 13.5. The molecule has 3 aromatic rings. The van der Waals surface area contributed by atoms with Crippen LogP contribution in [0.2, 0.25) is 5.02 Å². The van der Waals surface area contributed by atoms with E-state index in [9.17, 15) is 14.0 Å². The number of anilines is 2. The van der Waals surface area contributed by atoms with Crippen LogP contribution in [0, 0.1) is 5.82 Å². The maximum Gasteiger partial charge on any atom is 0.258 e. The molecule has 0 bridgehead atoms. The number of hydrogen-bond acceptors (Lipinski definition) is 2. The second-order valence-electron chi connectivity index (χ2n) is 5.48. The first-order valence-corrected chi connectivity index (χ1v) is 8.13. The van der Waals surface area contributed by atoms with E-state index in [4.69, 9.17) is 11.6 Å². The predicted octanol–water partition coefficient (Wildman–Crippen LogP) is 4.98. The lowest BCUT2D eigenvalue weighted by Crippen LogP contribution is -2.15. The van der Waals surface area contributed by atoms with Crippen molar-refractivity contribution >= 4 is 34.8 Å². The molecule has 0 saturated heterocycles. The van der Waals surface area contributed by atoms with Crippen LogP contribution in [0.15, 0.2) is 72.8 Å². The van der Waals surface area contributed by atoms with Crippen LogP contribution in [0.1, 0.15) is 20.7 Å². The van der Waals surface area contributed by atoms with E-state index in [0.29, 0.717) is 22.0 Å². The van der Waals surface area contributed by atoms with Crippen LogP contribution in [0.3, 0.4) is 0 Å². The van der Waals surface area contributed by atoms with Gasteiger partial charge in [-0.3, -0.25) is 9.59 Å². The lowest BCUT2D eigenvalue weighted by atomic mass is 10.2. The summed E-state index contributed by atoms with van der Waals surface area (Å²) in [4.78, 5) is 24.4. The Labute approximate surface area is 154 Å². The van der Waals surface area contributed by atoms with E-state index in [1.165, 1.54) is 18.2 Å². The van der Waals surface area contributed by atoms with Gasteiger partial charge in [-0.05, 0) is 48.5 Å². The molecule has 2 N–H and O–H groups in total. The fourth-order valence-electron chi connectivity index (χ4n) is 2.35. The van der Waals surface area contributed by atoms with Gasteiger partial charge in [0.1, 0.15) is 5.82 Å². The summed E-state index contributed by atoms with van der Waals surface area (Å²) in [5.74, 6) is -1.50. The average Bonchev–Trinajstić information content (AvgIpc) is 2.62. The van der Waals surface area contributed by atoms with Crippen molar-refractivity contribution in [3.05, 3.63) is 94.8 Å². The second-order valence-corrected chi connectivity index (χ2v) is 5.92. The Morgan fingerprint density at radius 2 is 1.42 bits per heavy atom. The highest BCUT2D eigenvalue weighted by atomic mass is 35.5. The molecule has 0 spiro atoms. The second kappa shape index (κ2) is 7.80. The third kappa shape index (κ3) is 4.26. The Bertz CT molecular complexity index is 975. The Kier molecular flexibility index (Phi) is 5.29. The first kappa shape index (κ1) is 17.6. The highest BCUT2D eigenvalue weighted by Gasteiger charge is 2.12. The fourth-order valence-corrected chi connectivity index (χ4v) is 2.54. The van der Waals surface area contributed by atoms with E-state index in [1.54, 1.807) is 54.6 Å². The highest BCUT2D eigenvalue weighted by molar-refractivity contribution is 6.31. The van der Waals surface area contributed by atoms with Crippen molar-refractivity contribution in [3.63, 3.8) is 0 Å². The molecular formula is C20H14ClFN2O2. The quantitative estimate of drug-likeness (QED) is 0.682. The molecule has 0 radical (unpaired) electrons. The van der Waals surface area contributed by atoms with Gasteiger partial charge in [0.25, 0.3) is 11.8 Å². The number of hydrogen-bond donors (Lipinski definition) is 2. The van der Waals surface area contributed by atoms with Crippen molar-refractivity contribution in [3.8, 4) is 0 Å². The van der Waals surface area contributed by atoms with E-state index >= 15 is 0 Å². The van der Waals surface area contributed by atoms with Crippen molar-refractivity contribution < 1.29 is 14.0 Å². The molecule has 0 aliphatic heterocycles. The van der Waals surface area contributed by atoms with Crippen molar-refractivity contribution in [2.24, 2.45) is 0 Å². The van der Waals surface area contributed by atoms with E-state index < -0.39 is 11.7 Å². The third-order valence-corrected chi connectivity index (χ3v) is 3.82. The lowest BCUT2D eigenvalue weighted by molar-refractivity contribution is 0.101. The summed E-state index contributed by atoms with van der Waals surface area (Å²) >= 11 is 5.89. The van der Waals surface area contributed by atoms with Gasteiger partial charge >= 0.3 is 0 Å². The summed E-state index contributed by atoms with van der Waals surface area (Å²) in [5.41, 5.74) is 1.28. The summed E-state index contributed by atoms with van der Waals surface area (Å²) in [7, 11) is 0. The van der Waals surface area contributed by atoms with Gasteiger partial charge < -0.3 is 10.6 Å². The Balaban J connectivity index is 1.73. The predicted molar refractivity (Wildman–Crippen MR) is 100 cm³/mol. The largest absolute Gasteiger partial charge is 0.322 e. The molecule has 26 heavy (non-hydrogen) atoms. The van der Waals surface area contributed by atoms with Crippen LogP contribution in [-0.4, -0.2) is 11.8 Å². The van der Waals surface area contributed by atoms with Crippen molar-refractivity contribution in [1.29, 1.82) is 0 Å². The third-order valence-electron chi connectivity index (χ3n) is 3.58. The SMILES string of the molecule is O=C(Nc1cccc(NC(=O)c2ccccc2F)c1)c1cccc(Cl)c1. The zero-order chi connectivity index (χ0) is 18.5. The van der Waals surface area contributed by atoms with Gasteiger partial charge in [0, 0.05) is 22.0 Å². The van der Waals surface area contributed by atoms with Crippen LogP contribution >= 0.6 is 11.6 Å². The molecule has 6 heteroatoms. The van der Waals surface area contributed by atoms with Gasteiger partial charge in [-0.2, -0.15) is 0 Å². The zero-order valence-corrected chi connectivity index (χ0v) is 14.3.